The molecule has 0 atom stereocenters. The maximum atomic E-state index is 11.6. The Bertz CT molecular complexity index is 508. The molecule has 18 heavy (non-hydrogen) atoms. The molecule has 0 aliphatic heterocycles. The van der Waals surface area contributed by atoms with E-state index >= 15 is 0 Å². The van der Waals surface area contributed by atoms with Gasteiger partial charge >= 0.3 is 6.03 Å². The van der Waals surface area contributed by atoms with Crippen LogP contribution in [0.4, 0.5) is 10.5 Å². The highest BCUT2D eigenvalue weighted by molar-refractivity contribution is 5.88. The molecule has 2 aromatic rings. The number of amides is 2. The lowest BCUT2D eigenvalue weighted by Crippen LogP contribution is -2.28. The topological polar surface area (TPSA) is 54.0 Å². The number of hydrogen-bond acceptors (Lipinski definition) is 2. The number of aryl methyl sites for hydroxylation is 1. The van der Waals surface area contributed by atoms with Crippen molar-refractivity contribution in [2.75, 3.05) is 5.32 Å². The van der Waals surface area contributed by atoms with Crippen LogP contribution in [0.1, 0.15) is 11.3 Å². The third-order valence-corrected chi connectivity index (χ3v) is 2.47. The minimum Gasteiger partial charge on any atom is -0.334 e. The van der Waals surface area contributed by atoms with E-state index in [4.69, 9.17) is 0 Å². The molecule has 0 aliphatic rings. The Kier molecular flexibility index (Phi) is 3.91. The monoisotopic (exact) mass is 241 g/mol. The van der Waals surface area contributed by atoms with Crippen LogP contribution in [0.2, 0.25) is 0 Å². The van der Waals surface area contributed by atoms with Crippen molar-refractivity contribution in [3.05, 3.63) is 59.9 Å². The molecule has 0 spiro atoms. The summed E-state index contributed by atoms with van der Waals surface area (Å²) in [5.74, 6) is 0. The maximum Gasteiger partial charge on any atom is 0.319 e. The van der Waals surface area contributed by atoms with Gasteiger partial charge in [0.25, 0.3) is 0 Å². The Hall–Kier alpha value is -2.36. The first-order valence-corrected chi connectivity index (χ1v) is 5.75. The summed E-state index contributed by atoms with van der Waals surface area (Å²) in [7, 11) is 0. The van der Waals surface area contributed by atoms with Crippen molar-refractivity contribution >= 4 is 11.7 Å². The molecule has 0 bridgehead atoms. The van der Waals surface area contributed by atoms with Gasteiger partial charge in [0.05, 0.1) is 11.9 Å². The van der Waals surface area contributed by atoms with Gasteiger partial charge in [0.15, 0.2) is 0 Å². The highest BCUT2D eigenvalue weighted by Gasteiger charge is 2.01. The van der Waals surface area contributed by atoms with Gasteiger partial charge in [-0.25, -0.2) is 4.79 Å². The van der Waals surface area contributed by atoms with E-state index in [0.29, 0.717) is 12.2 Å². The molecule has 4 heteroatoms. The molecule has 2 N–H and O–H groups in total. The molecule has 92 valence electrons. The Morgan fingerprint density at radius 2 is 1.94 bits per heavy atom. The van der Waals surface area contributed by atoms with Gasteiger partial charge in [-0.2, -0.15) is 0 Å². The Morgan fingerprint density at radius 1 is 1.17 bits per heavy atom. The number of aromatic nitrogens is 1. The fraction of sp³-hybridized carbons (Fsp3) is 0.143. The fourth-order valence-electron chi connectivity index (χ4n) is 1.50. The number of carbonyl (C=O) groups is 1. The van der Waals surface area contributed by atoms with Gasteiger partial charge < -0.3 is 10.6 Å². The largest absolute Gasteiger partial charge is 0.334 e. The molecule has 0 radical (unpaired) electrons. The fourth-order valence-corrected chi connectivity index (χ4v) is 1.50. The second kappa shape index (κ2) is 5.82. The lowest BCUT2D eigenvalue weighted by Gasteiger charge is -2.07. The predicted octanol–water partition coefficient (Wildman–Crippen LogP) is 2.71. The zero-order chi connectivity index (χ0) is 12.8. The Balaban J connectivity index is 1.84. The molecule has 1 aromatic carbocycles. The summed E-state index contributed by atoms with van der Waals surface area (Å²) in [6.07, 6.45) is 1.64. The van der Waals surface area contributed by atoms with E-state index in [1.807, 2.05) is 49.4 Å². The summed E-state index contributed by atoms with van der Waals surface area (Å²) in [4.78, 5) is 15.7. The van der Waals surface area contributed by atoms with Crippen LogP contribution < -0.4 is 10.6 Å². The maximum absolute atomic E-state index is 11.6. The van der Waals surface area contributed by atoms with Crippen molar-refractivity contribution in [3.8, 4) is 0 Å². The first-order valence-electron chi connectivity index (χ1n) is 5.75. The van der Waals surface area contributed by atoms with Gasteiger partial charge in [-0.05, 0) is 24.6 Å². The summed E-state index contributed by atoms with van der Waals surface area (Å²) in [6, 6.07) is 13.2. The number of anilines is 1. The lowest BCUT2D eigenvalue weighted by atomic mass is 10.2. The number of nitrogens with zero attached hydrogens (tertiary/aromatic N) is 1. The van der Waals surface area contributed by atoms with Crippen LogP contribution in [0.5, 0.6) is 0 Å². The number of carbonyl (C=O) groups excluding carboxylic acids is 1. The molecular weight excluding hydrogens is 226 g/mol. The van der Waals surface area contributed by atoms with Crippen molar-refractivity contribution in [1.82, 2.24) is 10.3 Å². The molecular formula is C14H15N3O. The summed E-state index contributed by atoms with van der Waals surface area (Å²) in [6.45, 7) is 2.41. The van der Waals surface area contributed by atoms with E-state index in [0.717, 1.165) is 11.3 Å². The third kappa shape index (κ3) is 3.59. The molecule has 1 heterocycles. The minimum atomic E-state index is -0.232. The second-order valence-electron chi connectivity index (χ2n) is 3.98. The zero-order valence-electron chi connectivity index (χ0n) is 10.2. The van der Waals surface area contributed by atoms with Crippen molar-refractivity contribution in [2.24, 2.45) is 0 Å². The predicted molar refractivity (Wildman–Crippen MR) is 71.3 cm³/mol. The van der Waals surface area contributed by atoms with E-state index in [1.54, 1.807) is 6.20 Å². The van der Waals surface area contributed by atoms with Crippen LogP contribution in [-0.2, 0) is 6.54 Å². The van der Waals surface area contributed by atoms with Crippen molar-refractivity contribution in [3.63, 3.8) is 0 Å². The summed E-state index contributed by atoms with van der Waals surface area (Å²) >= 11 is 0. The molecule has 0 aliphatic carbocycles. The number of hydrogen-bond donors (Lipinski definition) is 2. The van der Waals surface area contributed by atoms with Crippen molar-refractivity contribution < 1.29 is 4.79 Å². The highest BCUT2D eigenvalue weighted by Crippen LogP contribution is 2.05. The van der Waals surface area contributed by atoms with Gasteiger partial charge in [0.2, 0.25) is 0 Å². The number of rotatable bonds is 3. The van der Waals surface area contributed by atoms with E-state index in [9.17, 15) is 4.79 Å². The Labute approximate surface area is 106 Å². The summed E-state index contributed by atoms with van der Waals surface area (Å²) < 4.78 is 0. The lowest BCUT2D eigenvalue weighted by molar-refractivity contribution is 0.251. The molecule has 0 saturated heterocycles. The third-order valence-electron chi connectivity index (χ3n) is 2.47. The van der Waals surface area contributed by atoms with Gasteiger partial charge in [-0.15, -0.1) is 0 Å². The van der Waals surface area contributed by atoms with Gasteiger partial charge in [0.1, 0.15) is 0 Å². The van der Waals surface area contributed by atoms with Gasteiger partial charge in [0, 0.05) is 12.2 Å². The van der Waals surface area contributed by atoms with Crippen LogP contribution in [0.25, 0.3) is 0 Å². The van der Waals surface area contributed by atoms with Gasteiger partial charge in [-0.3, -0.25) is 4.98 Å². The van der Waals surface area contributed by atoms with Crippen LogP contribution >= 0.6 is 0 Å². The molecule has 2 rings (SSSR count). The first-order chi connectivity index (χ1) is 8.74. The zero-order valence-corrected chi connectivity index (χ0v) is 10.2. The van der Waals surface area contributed by atoms with E-state index < -0.39 is 0 Å². The average molecular weight is 241 g/mol. The molecule has 0 saturated carbocycles. The highest BCUT2D eigenvalue weighted by atomic mass is 16.2. The molecule has 2 amide bonds. The van der Waals surface area contributed by atoms with E-state index in [2.05, 4.69) is 15.6 Å². The SMILES string of the molecule is Cc1ccc(NC(=O)NCc2ccccc2)cn1. The summed E-state index contributed by atoms with van der Waals surface area (Å²) in [5.41, 5.74) is 2.67. The summed E-state index contributed by atoms with van der Waals surface area (Å²) in [5, 5.41) is 5.51. The van der Waals surface area contributed by atoms with Crippen LogP contribution in [0.15, 0.2) is 48.7 Å². The number of urea groups is 1. The van der Waals surface area contributed by atoms with E-state index in [-0.39, 0.29) is 6.03 Å². The molecule has 0 fully saturated rings. The molecule has 0 unspecified atom stereocenters. The minimum absolute atomic E-state index is 0.232. The van der Waals surface area contributed by atoms with Crippen molar-refractivity contribution in [1.29, 1.82) is 0 Å². The smallest absolute Gasteiger partial charge is 0.319 e. The number of pyridine rings is 1. The quantitative estimate of drug-likeness (QED) is 0.868. The second-order valence-corrected chi connectivity index (χ2v) is 3.98. The van der Waals surface area contributed by atoms with Crippen LogP contribution in [0, 0.1) is 6.92 Å². The molecule has 1 aromatic heterocycles. The Morgan fingerprint density at radius 3 is 2.61 bits per heavy atom. The van der Waals surface area contributed by atoms with Gasteiger partial charge in [-0.1, -0.05) is 30.3 Å². The van der Waals surface area contributed by atoms with Crippen LogP contribution in [0.3, 0.4) is 0 Å². The standard InChI is InChI=1S/C14H15N3O/c1-11-7-8-13(10-15-11)17-14(18)16-9-12-5-3-2-4-6-12/h2-8,10H,9H2,1H3,(H2,16,17,18). The number of nitrogens with one attached hydrogen (secondary N) is 2. The number of benzene rings is 1. The van der Waals surface area contributed by atoms with E-state index in [1.165, 1.54) is 0 Å². The molecule has 4 nitrogen and oxygen atoms in total. The first kappa shape index (κ1) is 12.1. The van der Waals surface area contributed by atoms with Crippen LogP contribution in [-0.4, -0.2) is 11.0 Å². The normalized spacial score (nSPS) is 9.83. The average Bonchev–Trinajstić information content (AvgIpc) is 2.40. The van der Waals surface area contributed by atoms with Crippen molar-refractivity contribution in [2.45, 2.75) is 13.5 Å².